The summed E-state index contributed by atoms with van der Waals surface area (Å²) >= 11 is 0. The van der Waals surface area contributed by atoms with Crippen LogP contribution in [0, 0.1) is 11.3 Å². The van der Waals surface area contributed by atoms with Gasteiger partial charge in [-0.1, -0.05) is 6.42 Å². The molecule has 0 heterocycles. The second-order valence-electron chi connectivity index (χ2n) is 3.23. The maximum atomic E-state index is 9.78. The summed E-state index contributed by atoms with van der Waals surface area (Å²) in [4.78, 5) is 0. The van der Waals surface area contributed by atoms with Crippen molar-refractivity contribution in [3.63, 3.8) is 0 Å². The fourth-order valence-electron chi connectivity index (χ4n) is 1.67. The van der Waals surface area contributed by atoms with E-state index in [-0.39, 0.29) is 6.10 Å². The van der Waals surface area contributed by atoms with Crippen LogP contribution in [0.3, 0.4) is 0 Å². The van der Waals surface area contributed by atoms with E-state index >= 15 is 0 Å². The minimum atomic E-state index is -1.23. The third-order valence-electron chi connectivity index (χ3n) is 2.37. The van der Waals surface area contributed by atoms with Crippen molar-refractivity contribution >= 4 is 0 Å². The molecule has 0 saturated heterocycles. The van der Waals surface area contributed by atoms with Crippen molar-refractivity contribution in [3.8, 4) is 6.07 Å². The predicted octanol–water partition coefficient (Wildman–Crippen LogP) is 1.22. The Bertz CT molecular complexity index is 185. The molecule has 1 fully saturated rings. The van der Waals surface area contributed by atoms with Crippen LogP contribution in [0.4, 0.5) is 0 Å². The molecule has 0 aromatic heterocycles. The molecule has 1 rings (SSSR count). The number of rotatable bonds is 2. The number of hydrogen-bond acceptors (Lipinski definition) is 3. The minimum absolute atomic E-state index is 0.277. The fraction of sp³-hybridized carbons (Fsp3) is 0.889. The Morgan fingerprint density at radius 3 is 3.00 bits per heavy atom. The fourth-order valence-corrected chi connectivity index (χ4v) is 1.67. The molecule has 1 aliphatic carbocycles. The lowest BCUT2D eigenvalue weighted by Crippen LogP contribution is -2.45. The van der Waals surface area contributed by atoms with Crippen LogP contribution in [0.1, 0.15) is 32.6 Å². The van der Waals surface area contributed by atoms with Gasteiger partial charge in [0, 0.05) is 6.61 Å². The number of nitrogens with zero attached hydrogens (tertiary/aromatic N) is 1. The summed E-state index contributed by atoms with van der Waals surface area (Å²) in [6.07, 6.45) is 3.05. The van der Waals surface area contributed by atoms with Gasteiger partial charge in [-0.3, -0.25) is 0 Å². The SMILES string of the molecule is CCO[C@@H]1CCCC[C@@]1(O)C#N. The first-order valence-electron chi connectivity index (χ1n) is 4.48. The van der Waals surface area contributed by atoms with Crippen molar-refractivity contribution < 1.29 is 9.84 Å². The van der Waals surface area contributed by atoms with Gasteiger partial charge in [0.25, 0.3) is 0 Å². The van der Waals surface area contributed by atoms with Crippen molar-refractivity contribution in [2.45, 2.75) is 44.3 Å². The second kappa shape index (κ2) is 3.88. The Balaban J connectivity index is 2.61. The molecule has 0 aromatic carbocycles. The Hall–Kier alpha value is -0.590. The first-order chi connectivity index (χ1) is 5.73. The smallest absolute Gasteiger partial charge is 0.177 e. The van der Waals surface area contributed by atoms with Crippen LogP contribution in [0.15, 0.2) is 0 Å². The predicted molar refractivity (Wildman–Crippen MR) is 44.4 cm³/mol. The zero-order valence-corrected chi connectivity index (χ0v) is 7.42. The molecule has 3 nitrogen and oxygen atoms in total. The van der Waals surface area contributed by atoms with Crippen LogP contribution in [0.5, 0.6) is 0 Å². The van der Waals surface area contributed by atoms with E-state index in [0.29, 0.717) is 13.0 Å². The summed E-state index contributed by atoms with van der Waals surface area (Å²) in [6.45, 7) is 2.45. The zero-order chi connectivity index (χ0) is 9.03. The molecule has 1 N–H and O–H groups in total. The topological polar surface area (TPSA) is 53.2 Å². The largest absolute Gasteiger partial charge is 0.374 e. The third-order valence-corrected chi connectivity index (χ3v) is 2.37. The van der Waals surface area contributed by atoms with Crippen molar-refractivity contribution in [2.75, 3.05) is 6.61 Å². The Morgan fingerprint density at radius 2 is 2.42 bits per heavy atom. The number of nitriles is 1. The van der Waals surface area contributed by atoms with Crippen LogP contribution in [-0.4, -0.2) is 23.4 Å². The van der Waals surface area contributed by atoms with Crippen LogP contribution in [0.25, 0.3) is 0 Å². The molecular formula is C9H15NO2. The molecule has 0 amide bonds. The third kappa shape index (κ3) is 1.77. The van der Waals surface area contributed by atoms with Gasteiger partial charge in [0.05, 0.1) is 6.10 Å². The van der Waals surface area contributed by atoms with Gasteiger partial charge in [0.1, 0.15) is 6.07 Å². The standard InChI is InChI=1S/C9H15NO2/c1-2-12-8-5-3-4-6-9(8,11)7-10/h8,11H,2-6H2,1H3/t8-,9-/m1/s1. The van der Waals surface area contributed by atoms with E-state index in [1.54, 1.807) is 0 Å². The van der Waals surface area contributed by atoms with E-state index in [1.165, 1.54) is 0 Å². The maximum absolute atomic E-state index is 9.78. The Labute approximate surface area is 73.0 Å². The van der Waals surface area contributed by atoms with Crippen LogP contribution >= 0.6 is 0 Å². The lowest BCUT2D eigenvalue weighted by molar-refractivity contribution is -0.0951. The monoisotopic (exact) mass is 169 g/mol. The average Bonchev–Trinajstić information content (AvgIpc) is 2.10. The zero-order valence-electron chi connectivity index (χ0n) is 7.42. The van der Waals surface area contributed by atoms with Crippen molar-refractivity contribution in [3.05, 3.63) is 0 Å². The summed E-state index contributed by atoms with van der Waals surface area (Å²) in [5.41, 5.74) is -1.23. The van der Waals surface area contributed by atoms with E-state index < -0.39 is 5.60 Å². The van der Waals surface area contributed by atoms with E-state index in [9.17, 15) is 5.11 Å². The molecule has 0 aromatic rings. The molecule has 0 radical (unpaired) electrons. The number of aliphatic hydroxyl groups is 1. The number of ether oxygens (including phenoxy) is 1. The molecule has 1 saturated carbocycles. The highest BCUT2D eigenvalue weighted by Crippen LogP contribution is 2.29. The molecule has 3 heteroatoms. The van der Waals surface area contributed by atoms with Gasteiger partial charge in [-0.25, -0.2) is 0 Å². The van der Waals surface area contributed by atoms with Crippen LogP contribution < -0.4 is 0 Å². The molecular weight excluding hydrogens is 154 g/mol. The maximum Gasteiger partial charge on any atom is 0.177 e. The normalized spacial score (nSPS) is 35.9. The average molecular weight is 169 g/mol. The Kier molecular flexibility index (Phi) is 3.07. The molecule has 0 spiro atoms. The first kappa shape index (κ1) is 9.50. The van der Waals surface area contributed by atoms with Gasteiger partial charge >= 0.3 is 0 Å². The lowest BCUT2D eigenvalue weighted by Gasteiger charge is -2.33. The van der Waals surface area contributed by atoms with Gasteiger partial charge in [-0.2, -0.15) is 5.26 Å². The van der Waals surface area contributed by atoms with Crippen molar-refractivity contribution in [1.29, 1.82) is 5.26 Å². The minimum Gasteiger partial charge on any atom is -0.374 e. The molecule has 12 heavy (non-hydrogen) atoms. The highest BCUT2D eigenvalue weighted by molar-refractivity contribution is 5.07. The molecule has 2 atom stereocenters. The van der Waals surface area contributed by atoms with Gasteiger partial charge < -0.3 is 9.84 Å². The van der Waals surface area contributed by atoms with E-state index in [0.717, 1.165) is 19.3 Å². The molecule has 0 bridgehead atoms. The van der Waals surface area contributed by atoms with Gasteiger partial charge in [0.15, 0.2) is 5.60 Å². The molecule has 1 aliphatic rings. The van der Waals surface area contributed by atoms with E-state index in [4.69, 9.17) is 10.00 Å². The highest BCUT2D eigenvalue weighted by Gasteiger charge is 2.39. The first-order valence-corrected chi connectivity index (χ1v) is 4.48. The molecule has 0 aliphatic heterocycles. The summed E-state index contributed by atoms with van der Waals surface area (Å²) in [6, 6.07) is 1.95. The van der Waals surface area contributed by atoms with E-state index in [1.807, 2.05) is 13.0 Å². The Morgan fingerprint density at radius 1 is 1.67 bits per heavy atom. The highest BCUT2D eigenvalue weighted by atomic mass is 16.5. The van der Waals surface area contributed by atoms with Gasteiger partial charge in [0.2, 0.25) is 0 Å². The summed E-state index contributed by atoms with van der Waals surface area (Å²) < 4.78 is 5.32. The van der Waals surface area contributed by atoms with Crippen LogP contribution in [0.2, 0.25) is 0 Å². The van der Waals surface area contributed by atoms with Crippen LogP contribution in [-0.2, 0) is 4.74 Å². The van der Waals surface area contributed by atoms with Gasteiger partial charge in [-0.05, 0) is 26.2 Å². The number of hydrogen-bond donors (Lipinski definition) is 1. The van der Waals surface area contributed by atoms with Gasteiger partial charge in [-0.15, -0.1) is 0 Å². The van der Waals surface area contributed by atoms with Crippen molar-refractivity contribution in [2.24, 2.45) is 0 Å². The lowest BCUT2D eigenvalue weighted by atomic mass is 9.83. The van der Waals surface area contributed by atoms with E-state index in [2.05, 4.69) is 0 Å². The second-order valence-corrected chi connectivity index (χ2v) is 3.23. The summed E-state index contributed by atoms with van der Waals surface area (Å²) in [7, 11) is 0. The summed E-state index contributed by atoms with van der Waals surface area (Å²) in [5, 5.41) is 18.6. The quantitative estimate of drug-likeness (QED) is 0.632. The summed E-state index contributed by atoms with van der Waals surface area (Å²) in [5.74, 6) is 0. The molecule has 68 valence electrons. The van der Waals surface area contributed by atoms with Crippen molar-refractivity contribution in [1.82, 2.24) is 0 Å². The molecule has 0 unspecified atom stereocenters.